The van der Waals surface area contributed by atoms with Crippen LogP contribution >= 0.6 is 0 Å². The average Bonchev–Trinajstić information content (AvgIpc) is 2.32. The van der Waals surface area contributed by atoms with Gasteiger partial charge in [-0.2, -0.15) is 12.7 Å². The largest absolute Gasteiger partial charge is 0.399 e. The first-order valence-electron chi connectivity index (χ1n) is 6.11. The number of piperidine rings is 1. The molecule has 100 valence electrons. The van der Waals surface area contributed by atoms with Crippen LogP contribution in [-0.4, -0.2) is 25.8 Å². The molecule has 0 radical (unpaired) electrons. The molecule has 1 aliphatic heterocycles. The lowest BCUT2D eigenvalue weighted by molar-refractivity contribution is 0.289. The van der Waals surface area contributed by atoms with Crippen LogP contribution in [0.4, 0.5) is 11.4 Å². The predicted octanol–water partition coefficient (Wildman–Crippen LogP) is 1.66. The van der Waals surface area contributed by atoms with Crippen LogP contribution in [-0.2, 0) is 10.2 Å². The molecular formula is C12H19N3O2S. The smallest absolute Gasteiger partial charge is 0.301 e. The van der Waals surface area contributed by atoms with Crippen LogP contribution in [0, 0.1) is 5.92 Å². The topological polar surface area (TPSA) is 75.4 Å². The predicted molar refractivity (Wildman–Crippen MR) is 73.4 cm³/mol. The minimum Gasteiger partial charge on any atom is -0.399 e. The first kappa shape index (κ1) is 13.2. The van der Waals surface area contributed by atoms with Crippen LogP contribution in [0.5, 0.6) is 0 Å². The maximum absolute atomic E-state index is 12.1. The Bertz CT molecular complexity index is 491. The molecule has 0 aromatic heterocycles. The summed E-state index contributed by atoms with van der Waals surface area (Å²) in [5.41, 5.74) is 6.72. The number of nitrogen functional groups attached to an aromatic ring is 1. The van der Waals surface area contributed by atoms with Crippen LogP contribution in [0.1, 0.15) is 19.8 Å². The summed E-state index contributed by atoms with van der Waals surface area (Å²) in [4.78, 5) is 0. The number of nitrogens with zero attached hydrogens (tertiary/aromatic N) is 1. The minimum atomic E-state index is -3.43. The molecule has 3 N–H and O–H groups in total. The third-order valence-corrected chi connectivity index (χ3v) is 4.78. The van der Waals surface area contributed by atoms with Crippen molar-refractivity contribution in [1.29, 1.82) is 0 Å². The molecule has 1 fully saturated rings. The van der Waals surface area contributed by atoms with Crippen molar-refractivity contribution in [2.75, 3.05) is 23.5 Å². The number of benzene rings is 1. The fourth-order valence-corrected chi connectivity index (χ4v) is 3.24. The Morgan fingerprint density at radius 3 is 2.33 bits per heavy atom. The highest BCUT2D eigenvalue weighted by Crippen LogP contribution is 2.20. The van der Waals surface area contributed by atoms with Crippen molar-refractivity contribution in [3.05, 3.63) is 24.3 Å². The molecule has 5 nitrogen and oxygen atoms in total. The van der Waals surface area contributed by atoms with E-state index < -0.39 is 10.2 Å². The van der Waals surface area contributed by atoms with E-state index in [1.807, 2.05) is 0 Å². The van der Waals surface area contributed by atoms with Crippen LogP contribution in [0.25, 0.3) is 0 Å². The molecule has 1 aromatic rings. The molecule has 18 heavy (non-hydrogen) atoms. The van der Waals surface area contributed by atoms with Gasteiger partial charge in [0.25, 0.3) is 0 Å². The fraction of sp³-hybridized carbons (Fsp3) is 0.500. The van der Waals surface area contributed by atoms with Crippen molar-refractivity contribution < 1.29 is 8.42 Å². The van der Waals surface area contributed by atoms with E-state index in [0.29, 0.717) is 30.4 Å². The van der Waals surface area contributed by atoms with Crippen molar-refractivity contribution in [2.45, 2.75) is 19.8 Å². The van der Waals surface area contributed by atoms with Crippen LogP contribution in [0.3, 0.4) is 0 Å². The van der Waals surface area contributed by atoms with E-state index in [2.05, 4.69) is 11.6 Å². The first-order chi connectivity index (χ1) is 8.47. The summed E-state index contributed by atoms with van der Waals surface area (Å²) >= 11 is 0. The Labute approximate surface area is 108 Å². The van der Waals surface area contributed by atoms with Crippen LogP contribution in [0.15, 0.2) is 24.3 Å². The summed E-state index contributed by atoms with van der Waals surface area (Å²) in [7, 11) is -3.43. The second-order valence-corrected chi connectivity index (χ2v) is 6.48. The number of hydrogen-bond donors (Lipinski definition) is 2. The van der Waals surface area contributed by atoms with Crippen molar-refractivity contribution in [1.82, 2.24) is 4.31 Å². The Morgan fingerprint density at radius 2 is 1.78 bits per heavy atom. The molecule has 0 unspecified atom stereocenters. The van der Waals surface area contributed by atoms with Gasteiger partial charge in [-0.05, 0) is 43.0 Å². The summed E-state index contributed by atoms with van der Waals surface area (Å²) < 4.78 is 28.3. The van der Waals surface area contributed by atoms with Gasteiger partial charge in [0.05, 0.1) is 0 Å². The normalized spacial score (nSPS) is 18.7. The van der Waals surface area contributed by atoms with Crippen LogP contribution in [0.2, 0.25) is 0 Å². The van der Waals surface area contributed by atoms with E-state index in [0.717, 1.165) is 12.8 Å². The van der Waals surface area contributed by atoms with Crippen molar-refractivity contribution in [3.8, 4) is 0 Å². The average molecular weight is 269 g/mol. The molecule has 0 bridgehead atoms. The zero-order chi connectivity index (χ0) is 13.2. The Morgan fingerprint density at radius 1 is 1.22 bits per heavy atom. The van der Waals surface area contributed by atoms with Crippen molar-refractivity contribution in [3.63, 3.8) is 0 Å². The lowest BCUT2D eigenvalue weighted by Crippen LogP contribution is -2.41. The molecule has 2 rings (SSSR count). The van der Waals surface area contributed by atoms with Gasteiger partial charge in [-0.3, -0.25) is 4.72 Å². The third-order valence-electron chi connectivity index (χ3n) is 3.24. The Hall–Kier alpha value is -1.27. The Kier molecular flexibility index (Phi) is 3.77. The van der Waals surface area contributed by atoms with Gasteiger partial charge in [0.15, 0.2) is 0 Å². The van der Waals surface area contributed by atoms with Gasteiger partial charge in [-0.15, -0.1) is 0 Å². The number of rotatable bonds is 3. The second kappa shape index (κ2) is 5.16. The summed E-state index contributed by atoms with van der Waals surface area (Å²) in [5.74, 6) is 0.605. The second-order valence-electron chi connectivity index (χ2n) is 4.81. The van der Waals surface area contributed by atoms with E-state index >= 15 is 0 Å². The maximum atomic E-state index is 12.1. The van der Waals surface area contributed by atoms with Gasteiger partial charge in [0, 0.05) is 24.5 Å². The zero-order valence-electron chi connectivity index (χ0n) is 10.5. The lowest BCUT2D eigenvalue weighted by Gasteiger charge is -2.29. The molecule has 0 spiro atoms. The first-order valence-corrected chi connectivity index (χ1v) is 7.55. The zero-order valence-corrected chi connectivity index (χ0v) is 11.3. The highest BCUT2D eigenvalue weighted by molar-refractivity contribution is 7.90. The molecule has 1 saturated heterocycles. The molecule has 1 heterocycles. The van der Waals surface area contributed by atoms with Crippen LogP contribution < -0.4 is 10.5 Å². The molecule has 1 aliphatic rings. The van der Waals surface area contributed by atoms with E-state index in [9.17, 15) is 8.42 Å². The Balaban J connectivity index is 2.05. The molecule has 1 aromatic carbocycles. The maximum Gasteiger partial charge on any atom is 0.301 e. The molecular weight excluding hydrogens is 250 g/mol. The van der Waals surface area contributed by atoms with Gasteiger partial charge in [-0.1, -0.05) is 6.92 Å². The third kappa shape index (κ3) is 3.14. The molecule has 0 aliphatic carbocycles. The van der Waals surface area contributed by atoms with Gasteiger partial charge in [0.1, 0.15) is 0 Å². The van der Waals surface area contributed by atoms with Crippen molar-refractivity contribution >= 4 is 21.6 Å². The molecule has 0 saturated carbocycles. The fourth-order valence-electron chi connectivity index (χ4n) is 1.99. The molecule has 6 heteroatoms. The van der Waals surface area contributed by atoms with Gasteiger partial charge < -0.3 is 5.73 Å². The summed E-state index contributed by atoms with van der Waals surface area (Å²) in [6, 6.07) is 6.69. The van der Waals surface area contributed by atoms with E-state index in [-0.39, 0.29) is 0 Å². The summed E-state index contributed by atoms with van der Waals surface area (Å²) in [6.07, 6.45) is 1.84. The minimum absolute atomic E-state index is 0.544. The van der Waals surface area contributed by atoms with Gasteiger partial charge in [0.2, 0.25) is 0 Å². The highest BCUT2D eigenvalue weighted by Gasteiger charge is 2.26. The number of hydrogen-bond acceptors (Lipinski definition) is 3. The summed E-state index contributed by atoms with van der Waals surface area (Å²) in [6.45, 7) is 3.33. The summed E-state index contributed by atoms with van der Waals surface area (Å²) in [5, 5.41) is 0. The molecule has 0 amide bonds. The number of nitrogens with two attached hydrogens (primary N) is 1. The van der Waals surface area contributed by atoms with E-state index in [1.165, 1.54) is 4.31 Å². The van der Waals surface area contributed by atoms with E-state index in [1.54, 1.807) is 24.3 Å². The van der Waals surface area contributed by atoms with Gasteiger partial charge in [-0.25, -0.2) is 0 Å². The monoisotopic (exact) mass is 269 g/mol. The molecule has 0 atom stereocenters. The lowest BCUT2D eigenvalue weighted by atomic mass is 10.0. The number of nitrogens with one attached hydrogen (secondary N) is 1. The number of anilines is 2. The standard InChI is InChI=1S/C12H19N3O2S/c1-10-6-8-15(9-7-10)18(16,17)14-12-4-2-11(13)3-5-12/h2-5,10,14H,6-9,13H2,1H3. The quantitative estimate of drug-likeness (QED) is 0.819. The highest BCUT2D eigenvalue weighted by atomic mass is 32.2. The van der Waals surface area contributed by atoms with Gasteiger partial charge >= 0.3 is 10.2 Å². The SMILES string of the molecule is CC1CCN(S(=O)(=O)Nc2ccc(N)cc2)CC1. The van der Waals surface area contributed by atoms with E-state index in [4.69, 9.17) is 5.73 Å². The van der Waals surface area contributed by atoms with Crippen molar-refractivity contribution in [2.24, 2.45) is 5.92 Å².